The first-order valence-corrected chi connectivity index (χ1v) is 11.7. The van der Waals surface area contributed by atoms with Gasteiger partial charge < -0.3 is 10.0 Å². The highest BCUT2D eigenvalue weighted by molar-refractivity contribution is 7.89. The number of Topliss-reactive ketones (excluding diaryl/α,β-unsaturated/α-hetero) is 1. The van der Waals surface area contributed by atoms with Crippen molar-refractivity contribution in [1.82, 2.24) is 9.62 Å². The maximum atomic E-state index is 13.2. The minimum absolute atomic E-state index is 0.0428. The molecule has 1 amide bonds. The number of rotatable bonds is 6. The molecule has 1 heterocycles. The Labute approximate surface area is 189 Å². The topological polar surface area (TPSA) is 104 Å². The van der Waals surface area contributed by atoms with Gasteiger partial charge in [0.15, 0.2) is 5.78 Å². The van der Waals surface area contributed by atoms with Gasteiger partial charge in [0.2, 0.25) is 15.9 Å². The summed E-state index contributed by atoms with van der Waals surface area (Å²) in [4.78, 5) is 25.8. The molecule has 33 heavy (non-hydrogen) atoms. The van der Waals surface area contributed by atoms with Crippen molar-refractivity contribution >= 4 is 21.7 Å². The van der Waals surface area contributed by atoms with Crippen molar-refractivity contribution in [1.29, 1.82) is 0 Å². The molecule has 1 aliphatic heterocycles. The van der Waals surface area contributed by atoms with E-state index in [4.69, 9.17) is 0 Å². The van der Waals surface area contributed by atoms with Gasteiger partial charge in [0.05, 0.1) is 16.5 Å². The molecule has 2 N–H and O–H groups in total. The molecular formula is C22H23F3N2O5S. The van der Waals surface area contributed by atoms with Crippen LogP contribution >= 0.6 is 0 Å². The first kappa shape index (κ1) is 24.7. The van der Waals surface area contributed by atoms with Crippen molar-refractivity contribution in [3.63, 3.8) is 0 Å². The molecule has 0 bridgehead atoms. The third-order valence-electron chi connectivity index (χ3n) is 5.51. The normalized spacial score (nSPS) is 16.4. The number of hydrogen-bond donors (Lipinski definition) is 2. The van der Waals surface area contributed by atoms with Crippen LogP contribution in [0.1, 0.15) is 35.7 Å². The molecule has 1 aliphatic rings. The van der Waals surface area contributed by atoms with Gasteiger partial charge in [-0.15, -0.1) is 0 Å². The highest BCUT2D eigenvalue weighted by atomic mass is 32.2. The number of piperidine rings is 1. The maximum absolute atomic E-state index is 13.2. The van der Waals surface area contributed by atoms with Crippen molar-refractivity contribution < 1.29 is 36.3 Å². The first-order valence-electron chi connectivity index (χ1n) is 10.2. The van der Waals surface area contributed by atoms with Crippen molar-refractivity contribution in [2.75, 3.05) is 13.1 Å². The summed E-state index contributed by atoms with van der Waals surface area (Å²) in [6.45, 7) is 1.68. The summed E-state index contributed by atoms with van der Waals surface area (Å²) in [5.74, 6) is -0.983. The summed E-state index contributed by atoms with van der Waals surface area (Å²) in [6, 6.07) is 8.33. The minimum atomic E-state index is -4.87. The molecular weight excluding hydrogens is 461 g/mol. The zero-order chi connectivity index (χ0) is 24.4. The number of alkyl halides is 3. The summed E-state index contributed by atoms with van der Waals surface area (Å²) in [5.41, 5.74) is -0.868. The number of likely N-dealkylation sites (tertiary alicyclic amines) is 1. The molecule has 2 aromatic carbocycles. The van der Waals surface area contributed by atoms with Crippen LogP contribution in [0.15, 0.2) is 53.4 Å². The molecule has 0 saturated carbocycles. The van der Waals surface area contributed by atoms with Gasteiger partial charge in [-0.3, -0.25) is 9.59 Å². The number of hydrogen-bond acceptors (Lipinski definition) is 5. The fourth-order valence-electron chi connectivity index (χ4n) is 3.78. The Hall–Kier alpha value is -2.92. The molecule has 1 atom stereocenters. The summed E-state index contributed by atoms with van der Waals surface area (Å²) >= 11 is 0. The van der Waals surface area contributed by atoms with Gasteiger partial charge in [0.1, 0.15) is 5.75 Å². The van der Waals surface area contributed by atoms with E-state index in [1.165, 1.54) is 42.2 Å². The van der Waals surface area contributed by atoms with Crippen LogP contribution in [-0.4, -0.2) is 49.2 Å². The number of amides is 1. The van der Waals surface area contributed by atoms with Crippen LogP contribution in [0.3, 0.4) is 0 Å². The van der Waals surface area contributed by atoms with Crippen molar-refractivity contribution in [3.05, 3.63) is 59.7 Å². The summed E-state index contributed by atoms with van der Waals surface area (Å²) in [6.07, 6.45) is -4.14. The Morgan fingerprint density at radius 2 is 1.64 bits per heavy atom. The average molecular weight is 484 g/mol. The van der Waals surface area contributed by atoms with Gasteiger partial charge in [-0.2, -0.15) is 17.9 Å². The van der Waals surface area contributed by atoms with Crippen LogP contribution < -0.4 is 4.72 Å². The SMILES string of the molecule is CC(NS(=O)(=O)c1ccccc1C(F)(F)F)C(=O)N1CCC(C(=O)c2ccc(O)cc2)CC1. The molecule has 0 radical (unpaired) electrons. The second-order valence-electron chi connectivity index (χ2n) is 7.85. The van der Waals surface area contributed by atoms with Crippen LogP contribution in [0.5, 0.6) is 5.75 Å². The van der Waals surface area contributed by atoms with Crippen LogP contribution in [0.2, 0.25) is 0 Å². The predicted octanol–water partition coefficient (Wildman–Crippen LogP) is 3.20. The zero-order valence-electron chi connectivity index (χ0n) is 17.7. The Morgan fingerprint density at radius 1 is 1.06 bits per heavy atom. The smallest absolute Gasteiger partial charge is 0.417 e. The number of carbonyl (C=O) groups is 2. The lowest BCUT2D eigenvalue weighted by Crippen LogP contribution is -2.50. The number of sulfonamides is 1. The van der Waals surface area contributed by atoms with Crippen molar-refractivity contribution in [2.45, 2.75) is 36.9 Å². The number of halogens is 3. The fraction of sp³-hybridized carbons (Fsp3) is 0.364. The molecule has 1 saturated heterocycles. The van der Waals surface area contributed by atoms with E-state index in [0.717, 1.165) is 12.1 Å². The van der Waals surface area contributed by atoms with Crippen molar-refractivity contribution in [2.24, 2.45) is 5.92 Å². The third-order valence-corrected chi connectivity index (χ3v) is 7.11. The molecule has 11 heteroatoms. The highest BCUT2D eigenvalue weighted by Crippen LogP contribution is 2.34. The molecule has 0 aromatic heterocycles. The standard InChI is InChI=1S/C22H23F3N2O5S/c1-14(26-33(31,32)19-5-3-2-4-18(19)22(23,24)25)21(30)27-12-10-16(11-13-27)20(29)15-6-8-17(28)9-7-15/h2-9,14,16,26,28H,10-13H2,1H3. The molecule has 2 aromatic rings. The Morgan fingerprint density at radius 3 is 2.21 bits per heavy atom. The lowest BCUT2D eigenvalue weighted by Gasteiger charge is -2.33. The number of phenolic OH excluding ortho intramolecular Hbond substituents is 1. The third kappa shape index (κ3) is 5.72. The van der Waals surface area contributed by atoms with Crippen LogP contribution in [0, 0.1) is 5.92 Å². The second-order valence-corrected chi connectivity index (χ2v) is 9.53. The second kappa shape index (κ2) is 9.52. The molecule has 0 aliphatic carbocycles. The zero-order valence-corrected chi connectivity index (χ0v) is 18.5. The Bertz CT molecular complexity index is 1130. The van der Waals surface area contributed by atoms with E-state index in [1.807, 2.05) is 4.72 Å². The van der Waals surface area contributed by atoms with E-state index < -0.39 is 38.6 Å². The first-order chi connectivity index (χ1) is 15.4. The minimum Gasteiger partial charge on any atom is -0.508 e. The predicted molar refractivity (Wildman–Crippen MR) is 113 cm³/mol. The Kier molecular flexibility index (Phi) is 7.13. The summed E-state index contributed by atoms with van der Waals surface area (Å²) in [7, 11) is -4.61. The number of phenols is 1. The lowest BCUT2D eigenvalue weighted by molar-refractivity contribution is -0.139. The lowest BCUT2D eigenvalue weighted by atomic mass is 9.88. The van der Waals surface area contributed by atoms with E-state index in [9.17, 15) is 36.3 Å². The van der Waals surface area contributed by atoms with E-state index in [0.29, 0.717) is 24.5 Å². The van der Waals surface area contributed by atoms with E-state index in [1.54, 1.807) is 0 Å². The monoisotopic (exact) mass is 484 g/mol. The Balaban J connectivity index is 1.63. The number of aromatic hydroxyl groups is 1. The number of benzene rings is 2. The van der Waals surface area contributed by atoms with E-state index >= 15 is 0 Å². The molecule has 7 nitrogen and oxygen atoms in total. The number of carbonyl (C=O) groups excluding carboxylic acids is 2. The van der Waals surface area contributed by atoms with Crippen molar-refractivity contribution in [3.8, 4) is 5.75 Å². The largest absolute Gasteiger partial charge is 0.508 e. The van der Waals surface area contributed by atoms with Crippen LogP contribution in [0.4, 0.5) is 13.2 Å². The van der Waals surface area contributed by atoms with E-state index in [-0.39, 0.29) is 30.5 Å². The van der Waals surface area contributed by atoms with Gasteiger partial charge in [-0.1, -0.05) is 12.1 Å². The summed E-state index contributed by atoms with van der Waals surface area (Å²) < 4.78 is 66.8. The molecule has 1 unspecified atom stereocenters. The highest BCUT2D eigenvalue weighted by Gasteiger charge is 2.38. The molecule has 1 fully saturated rings. The van der Waals surface area contributed by atoms with Gasteiger partial charge in [0.25, 0.3) is 0 Å². The number of ketones is 1. The molecule has 0 spiro atoms. The van der Waals surface area contributed by atoms with Crippen LogP contribution in [-0.2, 0) is 21.0 Å². The fourth-order valence-corrected chi connectivity index (χ4v) is 5.20. The molecule has 3 rings (SSSR count). The van der Waals surface area contributed by atoms with Crippen LogP contribution in [0.25, 0.3) is 0 Å². The van der Waals surface area contributed by atoms with E-state index in [2.05, 4.69) is 0 Å². The van der Waals surface area contributed by atoms with Gasteiger partial charge in [-0.05, 0) is 56.2 Å². The van der Waals surface area contributed by atoms with Gasteiger partial charge in [0, 0.05) is 24.6 Å². The maximum Gasteiger partial charge on any atom is 0.417 e. The number of nitrogens with zero attached hydrogens (tertiary/aromatic N) is 1. The summed E-state index contributed by atoms with van der Waals surface area (Å²) in [5, 5.41) is 9.34. The van der Waals surface area contributed by atoms with Gasteiger partial charge >= 0.3 is 6.18 Å². The molecule has 178 valence electrons. The van der Waals surface area contributed by atoms with Gasteiger partial charge in [-0.25, -0.2) is 8.42 Å². The number of nitrogens with one attached hydrogen (secondary N) is 1. The quantitative estimate of drug-likeness (QED) is 0.613. The average Bonchev–Trinajstić information content (AvgIpc) is 2.78.